The van der Waals surface area contributed by atoms with E-state index in [0.717, 1.165) is 70.6 Å². The monoisotopic (exact) mass is 400 g/mol. The van der Waals surface area contributed by atoms with Crippen molar-refractivity contribution >= 4 is 23.5 Å². The minimum Gasteiger partial charge on any atom is -0.481 e. The first-order valence-electron chi connectivity index (χ1n) is 10.2. The van der Waals surface area contributed by atoms with Crippen LogP contribution in [0.5, 0.6) is 0 Å². The molecule has 1 unspecified atom stereocenters. The van der Waals surface area contributed by atoms with Gasteiger partial charge in [-0.1, -0.05) is 49.0 Å². The fourth-order valence-corrected chi connectivity index (χ4v) is 3.08. The Balaban J connectivity index is 3.67. The maximum Gasteiger partial charge on any atom is 0.321 e. The predicted molar refractivity (Wildman–Crippen MR) is 112 cm³/mol. The van der Waals surface area contributed by atoms with Crippen molar-refractivity contribution in [3.8, 4) is 0 Å². The second-order valence-electron chi connectivity index (χ2n) is 7.39. The van der Waals surface area contributed by atoms with Gasteiger partial charge in [-0.15, -0.1) is 11.6 Å². The molecule has 0 rings (SSSR count). The zero-order chi connectivity index (χ0) is 20.5. The molecule has 0 heterocycles. The summed E-state index contributed by atoms with van der Waals surface area (Å²) in [6, 6.07) is 0. The maximum absolute atomic E-state index is 10.6. The van der Waals surface area contributed by atoms with Crippen LogP contribution in [0.25, 0.3) is 0 Å². The Morgan fingerprint density at radius 2 is 1.22 bits per heavy atom. The van der Waals surface area contributed by atoms with Crippen LogP contribution in [0.2, 0.25) is 0 Å². The number of halogens is 1. The number of unbranched alkanes of at least 4 members (excludes halogenated alkanes) is 6. The first kappa shape index (κ1) is 25.7. The second-order valence-corrected chi connectivity index (χ2v) is 7.92. The van der Waals surface area contributed by atoms with Gasteiger partial charge in [-0.3, -0.25) is 9.59 Å². The maximum atomic E-state index is 10.6. The van der Waals surface area contributed by atoms with Gasteiger partial charge in [0.15, 0.2) is 0 Å². The first-order valence-corrected chi connectivity index (χ1v) is 10.7. The van der Waals surface area contributed by atoms with Crippen LogP contribution in [0.15, 0.2) is 23.3 Å². The van der Waals surface area contributed by atoms with Crippen LogP contribution in [-0.4, -0.2) is 27.5 Å². The van der Waals surface area contributed by atoms with Crippen molar-refractivity contribution in [3.63, 3.8) is 0 Å². The summed E-state index contributed by atoms with van der Waals surface area (Å²) >= 11 is 5.69. The van der Waals surface area contributed by atoms with Gasteiger partial charge in [-0.25, -0.2) is 0 Å². The number of rotatable bonds is 17. The molecule has 0 aliphatic rings. The molecular weight excluding hydrogens is 364 g/mol. The molecule has 4 nitrogen and oxygen atoms in total. The molecule has 0 amide bonds. The van der Waals surface area contributed by atoms with E-state index in [1.54, 1.807) is 0 Å². The Hall–Kier alpha value is -1.29. The quantitative estimate of drug-likeness (QED) is 0.161. The van der Waals surface area contributed by atoms with E-state index in [1.165, 1.54) is 11.1 Å². The van der Waals surface area contributed by atoms with Gasteiger partial charge in [0.05, 0.1) is 0 Å². The van der Waals surface area contributed by atoms with Gasteiger partial charge in [0.2, 0.25) is 0 Å². The summed E-state index contributed by atoms with van der Waals surface area (Å²) in [6.07, 6.45) is 16.8. The van der Waals surface area contributed by atoms with E-state index in [2.05, 4.69) is 26.0 Å². The minimum atomic E-state index is -0.922. The molecule has 0 radical (unpaired) electrons. The molecular formula is C22H37ClO4. The number of carboxylic acid groups (broad SMARTS) is 2. The Bertz CT molecular complexity index is 483. The largest absolute Gasteiger partial charge is 0.481 e. The zero-order valence-corrected chi connectivity index (χ0v) is 17.8. The molecule has 0 fully saturated rings. The summed E-state index contributed by atoms with van der Waals surface area (Å²) in [5, 5.41) is 16.6. The topological polar surface area (TPSA) is 74.6 Å². The molecule has 0 saturated heterocycles. The lowest BCUT2D eigenvalue weighted by molar-refractivity contribution is -0.138. The summed E-state index contributed by atoms with van der Waals surface area (Å²) in [5.41, 5.74) is 2.83. The number of hydrogen-bond donors (Lipinski definition) is 2. The molecule has 0 saturated carbocycles. The normalized spacial score (nSPS) is 13.6. The van der Waals surface area contributed by atoms with Crippen molar-refractivity contribution in [2.75, 3.05) is 0 Å². The van der Waals surface area contributed by atoms with Crippen molar-refractivity contribution in [3.05, 3.63) is 23.3 Å². The molecule has 0 bridgehead atoms. The minimum absolute atomic E-state index is 0.288. The summed E-state index contributed by atoms with van der Waals surface area (Å²) < 4.78 is 0. The van der Waals surface area contributed by atoms with E-state index < -0.39 is 17.3 Å². The average molecular weight is 401 g/mol. The number of allylic oxidation sites excluding steroid dienone is 4. The highest BCUT2D eigenvalue weighted by atomic mass is 35.5. The second kappa shape index (κ2) is 16.9. The van der Waals surface area contributed by atoms with Crippen LogP contribution in [0.4, 0.5) is 0 Å². The van der Waals surface area contributed by atoms with Gasteiger partial charge in [-0.05, 0) is 65.2 Å². The Kier molecular flexibility index (Phi) is 16.0. The van der Waals surface area contributed by atoms with Gasteiger partial charge in [-0.2, -0.15) is 0 Å². The lowest BCUT2D eigenvalue weighted by Gasteiger charge is -2.05. The highest BCUT2D eigenvalue weighted by Crippen LogP contribution is 2.15. The predicted octanol–water partition coefficient (Wildman–Crippen LogP) is 6.73. The first-order chi connectivity index (χ1) is 12.8. The van der Waals surface area contributed by atoms with Gasteiger partial charge < -0.3 is 10.2 Å². The van der Waals surface area contributed by atoms with Gasteiger partial charge >= 0.3 is 11.9 Å². The third-order valence-electron chi connectivity index (χ3n) is 4.66. The number of carboxylic acids is 2. The molecule has 0 aromatic carbocycles. The molecule has 0 spiro atoms. The Labute approximate surface area is 169 Å². The van der Waals surface area contributed by atoms with E-state index >= 15 is 0 Å². The van der Waals surface area contributed by atoms with Crippen molar-refractivity contribution in [1.82, 2.24) is 0 Å². The fourth-order valence-electron chi connectivity index (χ4n) is 2.92. The van der Waals surface area contributed by atoms with Gasteiger partial charge in [0, 0.05) is 6.42 Å². The fraction of sp³-hybridized carbons (Fsp3) is 0.727. The third kappa shape index (κ3) is 17.9. The SMILES string of the molecule is CC(=CCCC=C(C)CCCCCC(Cl)C(=O)O)CCCCCCC(=O)O. The van der Waals surface area contributed by atoms with Crippen LogP contribution in [0.3, 0.4) is 0 Å². The van der Waals surface area contributed by atoms with E-state index in [9.17, 15) is 9.59 Å². The smallest absolute Gasteiger partial charge is 0.321 e. The molecule has 5 heteroatoms. The molecule has 1 atom stereocenters. The van der Waals surface area contributed by atoms with Gasteiger partial charge in [0.25, 0.3) is 0 Å². The lowest BCUT2D eigenvalue weighted by atomic mass is 10.0. The van der Waals surface area contributed by atoms with Crippen molar-refractivity contribution < 1.29 is 19.8 Å². The molecule has 0 aromatic heterocycles. The molecule has 0 aliphatic carbocycles. The lowest BCUT2D eigenvalue weighted by Crippen LogP contribution is -2.12. The summed E-state index contributed by atoms with van der Waals surface area (Å²) in [4.78, 5) is 21.1. The van der Waals surface area contributed by atoms with Crippen LogP contribution >= 0.6 is 11.6 Å². The van der Waals surface area contributed by atoms with E-state index in [-0.39, 0.29) is 6.42 Å². The third-order valence-corrected chi connectivity index (χ3v) is 5.07. The molecule has 156 valence electrons. The van der Waals surface area contributed by atoms with Crippen molar-refractivity contribution in [1.29, 1.82) is 0 Å². The zero-order valence-electron chi connectivity index (χ0n) is 17.0. The Morgan fingerprint density at radius 1 is 0.778 bits per heavy atom. The van der Waals surface area contributed by atoms with Crippen LogP contribution in [-0.2, 0) is 9.59 Å². The van der Waals surface area contributed by atoms with Crippen LogP contribution < -0.4 is 0 Å². The van der Waals surface area contributed by atoms with E-state index in [0.29, 0.717) is 6.42 Å². The summed E-state index contributed by atoms with van der Waals surface area (Å²) in [7, 11) is 0. The van der Waals surface area contributed by atoms with E-state index in [4.69, 9.17) is 21.8 Å². The molecule has 27 heavy (non-hydrogen) atoms. The highest BCUT2D eigenvalue weighted by molar-refractivity contribution is 6.29. The van der Waals surface area contributed by atoms with E-state index in [1.807, 2.05) is 0 Å². The van der Waals surface area contributed by atoms with Gasteiger partial charge in [0.1, 0.15) is 5.38 Å². The highest BCUT2D eigenvalue weighted by Gasteiger charge is 2.11. The van der Waals surface area contributed by atoms with Crippen LogP contribution in [0, 0.1) is 0 Å². The number of aliphatic carboxylic acids is 2. The Morgan fingerprint density at radius 3 is 1.67 bits per heavy atom. The summed E-state index contributed by atoms with van der Waals surface area (Å²) in [5.74, 6) is -1.62. The molecule has 0 aliphatic heterocycles. The molecule has 2 N–H and O–H groups in total. The van der Waals surface area contributed by atoms with Crippen LogP contribution in [0.1, 0.15) is 97.3 Å². The standard InChI is InChI=1S/C22H37ClO4/c1-18(12-6-3-4-9-17-21(24)25)14-10-11-15-19(2)13-7-5-8-16-20(23)22(26)27/h14-15,20H,3-13,16-17H2,1-2H3,(H,24,25)(H,26,27). The average Bonchev–Trinajstić information content (AvgIpc) is 2.60. The number of carbonyl (C=O) groups is 2. The van der Waals surface area contributed by atoms with Crippen molar-refractivity contribution in [2.24, 2.45) is 0 Å². The number of alkyl halides is 1. The van der Waals surface area contributed by atoms with Crippen molar-refractivity contribution in [2.45, 2.75) is 103 Å². The number of hydrogen-bond acceptors (Lipinski definition) is 2. The summed E-state index contributed by atoms with van der Waals surface area (Å²) in [6.45, 7) is 4.34. The molecule has 0 aromatic rings.